The van der Waals surface area contributed by atoms with Crippen LogP contribution in [0, 0.1) is 129 Å². The number of ether oxygens (including phenoxy) is 1. The van der Waals surface area contributed by atoms with Crippen LogP contribution in [0.3, 0.4) is 0 Å². The molecule has 4 bridgehead atoms. The molecule has 0 spiro atoms. The van der Waals surface area contributed by atoms with Gasteiger partial charge in [0, 0.05) is 104 Å². The third-order valence-electron chi connectivity index (χ3n) is 21.8. The molecule has 2 aromatic heterocycles. The summed E-state index contributed by atoms with van der Waals surface area (Å²) >= 11 is -0.750. The van der Waals surface area contributed by atoms with Gasteiger partial charge in [-0.05, 0) is 174 Å². The number of nitro benzene ring substituents is 2. The van der Waals surface area contributed by atoms with E-state index in [4.69, 9.17) is 18.4 Å². The number of ketones is 15. The van der Waals surface area contributed by atoms with E-state index < -0.39 is 164 Å². The van der Waals surface area contributed by atoms with Crippen molar-refractivity contribution in [3.05, 3.63) is 166 Å². The van der Waals surface area contributed by atoms with Gasteiger partial charge in [0.25, 0.3) is 23.2 Å². The fourth-order valence-corrected chi connectivity index (χ4v) is 15.8. The van der Waals surface area contributed by atoms with E-state index in [0.717, 1.165) is 67.5 Å². The maximum Gasteiger partial charge on any atom is 0.335 e. The lowest BCUT2D eigenvalue weighted by Gasteiger charge is -2.39. The van der Waals surface area contributed by atoms with Crippen LogP contribution in [0.2, 0.25) is 0 Å². The summed E-state index contributed by atoms with van der Waals surface area (Å²) in [5.41, 5.74) is -2.70. The standard InChI is InChI=1S/C19H21F2NO4.C18H19NO6.C17H17F2NO3.C15H15NO2.C14H13NO7S.O2S/c1-3-26-9-13-12(6-7-14(22-13)19(2,20)21)18(25)15-16(23)10-4-5-11(8-10)17(15)24;1-9-6-7-10(11(8-9)19(24)25)13(20)12-14(21)17(2,3)16(23)18(4,5)15(12)22;1-8-11(5-6-12(20-8)17(2,18)19)16(23)13-14(21)9-3-4-10(7-9)15(13)22;1-9-3-6-12(10(2)7-9)15(18)13(8-16)14(17)11-4-5-11;1-23(21,22)8-5-6-9(10(7-8)15(19)20)14(18)13-11(16)3-2-4-12(13)17;1-3-2/h6-7,10-11,15H,3-5,8-9H2,1-2H3;6-8,12H,1-5H3;5-6,9-10,13H,3-4,7H2,1-2H3;3,6-7,11,13H,4-5H2,1-2H3;5-7,13H,2-4H2,1H3;. The maximum absolute atomic E-state index is 13.6. The van der Waals surface area contributed by atoms with Gasteiger partial charge in [0.1, 0.15) is 35.1 Å². The third-order valence-corrected chi connectivity index (χ3v) is 22.9. The summed E-state index contributed by atoms with van der Waals surface area (Å²) in [6.07, 6.45) is 6.62. The molecule has 0 N–H and O–H groups in total. The summed E-state index contributed by atoms with van der Waals surface area (Å²) in [6.45, 7) is 15.7. The number of hydrogen-bond acceptors (Lipinski definition) is 27. The number of halogens is 4. The van der Waals surface area contributed by atoms with Crippen LogP contribution in [0.4, 0.5) is 28.9 Å². The van der Waals surface area contributed by atoms with Gasteiger partial charge in [-0.25, -0.2) is 13.4 Å². The lowest BCUT2D eigenvalue weighted by atomic mass is 9.57. The number of nitriles is 1. The van der Waals surface area contributed by atoms with Crippen LogP contribution in [-0.4, -0.2) is 136 Å². The molecule has 0 radical (unpaired) electrons. The first-order valence-electron chi connectivity index (χ1n) is 37.4. The molecule has 7 aliphatic rings. The normalized spacial score (nSPS) is 20.9. The van der Waals surface area contributed by atoms with Gasteiger partial charge in [0.05, 0.1) is 55.1 Å². The number of pyridine rings is 2. The molecule has 5 atom stereocenters. The topological polar surface area (TPSA) is 469 Å². The van der Waals surface area contributed by atoms with Crippen LogP contribution in [0.15, 0.2) is 83.8 Å². The number of sulfone groups is 1. The van der Waals surface area contributed by atoms with Crippen LogP contribution >= 0.6 is 0 Å². The summed E-state index contributed by atoms with van der Waals surface area (Å²) in [5.74, 6) is -22.7. The number of rotatable bonds is 20. The molecule has 0 amide bonds. The Labute approximate surface area is 677 Å². The molecule has 626 valence electrons. The predicted octanol–water partition coefficient (Wildman–Crippen LogP) is 11.5. The van der Waals surface area contributed by atoms with Gasteiger partial charge in [-0.15, -0.1) is 0 Å². The van der Waals surface area contributed by atoms with Crippen molar-refractivity contribution in [3.8, 4) is 6.07 Å². The Kier molecular flexibility index (Phi) is 29.9. The summed E-state index contributed by atoms with van der Waals surface area (Å²) in [7, 11) is -3.70. The number of hydrogen-bond donors (Lipinski definition) is 0. The Balaban J connectivity index is 0.000000203. The van der Waals surface area contributed by atoms with Crippen LogP contribution in [0.5, 0.6) is 0 Å². The Hall–Kier alpha value is -11.2. The number of nitro groups is 2. The summed E-state index contributed by atoms with van der Waals surface area (Å²) in [4.78, 5) is 214. The smallest absolute Gasteiger partial charge is 0.335 e. The van der Waals surface area contributed by atoms with Gasteiger partial charge in [-0.3, -0.25) is 97.1 Å². The fraction of sp³-hybridized carbons (Fsp3) is 0.470. The summed E-state index contributed by atoms with van der Waals surface area (Å²) in [5, 5.41) is 31.5. The van der Waals surface area contributed by atoms with E-state index in [1.165, 1.54) is 65.0 Å². The average Bonchev–Trinajstić information content (AvgIpc) is 0.995. The van der Waals surface area contributed by atoms with E-state index in [9.17, 15) is 118 Å². The Bertz CT molecular complexity index is 5170. The monoisotopic (exact) mass is 1680 g/mol. The quantitative estimate of drug-likeness (QED) is 0.0230. The predicted molar refractivity (Wildman–Crippen MR) is 407 cm³/mol. The van der Waals surface area contributed by atoms with Gasteiger partial charge < -0.3 is 4.74 Å². The molecular formula is C83H85F4N5O24S2. The molecule has 35 heteroatoms. The van der Waals surface area contributed by atoms with Crippen molar-refractivity contribution in [2.45, 2.75) is 170 Å². The van der Waals surface area contributed by atoms with Crippen molar-refractivity contribution in [2.75, 3.05) is 12.9 Å². The molecule has 7 aliphatic carbocycles. The number of aryl methyl sites for hydroxylation is 4. The number of fused-ring (bicyclic) bond motifs is 4. The van der Waals surface area contributed by atoms with Crippen molar-refractivity contribution in [1.82, 2.24) is 9.97 Å². The van der Waals surface area contributed by atoms with E-state index >= 15 is 0 Å². The highest BCUT2D eigenvalue weighted by Gasteiger charge is 2.61. The molecule has 7 fully saturated rings. The lowest BCUT2D eigenvalue weighted by Crippen LogP contribution is -2.59. The van der Waals surface area contributed by atoms with Gasteiger partial charge in [0.2, 0.25) is 0 Å². The molecule has 3 aromatic carbocycles. The summed E-state index contributed by atoms with van der Waals surface area (Å²) in [6, 6.07) is 18.7. The number of carbonyl (C=O) groups is 15. The zero-order valence-corrected chi connectivity index (χ0v) is 68.0. The average molecular weight is 1680 g/mol. The lowest BCUT2D eigenvalue weighted by molar-refractivity contribution is -0.385. The number of nitrogens with zero attached hydrogens (tertiary/aromatic N) is 5. The van der Waals surface area contributed by atoms with Crippen molar-refractivity contribution in [1.29, 1.82) is 5.26 Å². The second-order valence-corrected chi connectivity index (χ2v) is 33.4. The highest BCUT2D eigenvalue weighted by molar-refractivity contribution is 7.90. The molecule has 0 aliphatic heterocycles. The van der Waals surface area contributed by atoms with Gasteiger partial charge in [-0.1, -0.05) is 29.8 Å². The second kappa shape index (κ2) is 37.6. The summed E-state index contributed by atoms with van der Waals surface area (Å²) < 4.78 is 98.6. The SMILES string of the molecule is CCOCc1nc(C(C)(F)F)ccc1C(=O)C1C(=O)C2CCC(C2)C1=O.CS(=O)(=O)c1ccc(C(=O)C2C(=O)CCCC2=O)c([N+](=O)[O-])c1.Cc1ccc(C(=O)C(C#N)C(=O)C2CC2)c(C)c1.Cc1ccc(C(=O)C2C(=O)C(C)(C)C(=O)C(C)(C)C2=O)c([N+](=O)[O-])c1.Cc1nc(C(C)(F)F)ccc1C(=O)C1C(=O)C2CCC(C2)C1=O.O=S=O. The van der Waals surface area contributed by atoms with Crippen molar-refractivity contribution < 1.29 is 121 Å². The number of benzene rings is 3. The first-order valence-corrected chi connectivity index (χ1v) is 39.9. The van der Waals surface area contributed by atoms with Gasteiger partial charge in [0.15, 0.2) is 103 Å². The van der Waals surface area contributed by atoms with E-state index in [1.807, 2.05) is 32.0 Å². The Morgan fingerprint density at radius 3 is 1.37 bits per heavy atom. The maximum atomic E-state index is 13.6. The van der Waals surface area contributed by atoms with Crippen LogP contribution in [-0.2, 0) is 92.5 Å². The minimum Gasteiger partial charge on any atom is -0.375 e. The molecule has 5 aromatic rings. The van der Waals surface area contributed by atoms with Crippen LogP contribution in [0.25, 0.3) is 0 Å². The number of carbonyl (C=O) groups excluding carboxylic acids is 15. The molecule has 2 heterocycles. The molecule has 12 rings (SSSR count). The minimum absolute atomic E-state index is 0.0134. The van der Waals surface area contributed by atoms with Gasteiger partial charge >= 0.3 is 11.6 Å². The fourth-order valence-electron chi connectivity index (χ4n) is 15.2. The van der Waals surface area contributed by atoms with E-state index in [2.05, 4.69) is 9.97 Å². The largest absolute Gasteiger partial charge is 0.375 e. The highest BCUT2D eigenvalue weighted by atomic mass is 32.2. The van der Waals surface area contributed by atoms with Crippen molar-refractivity contribution >= 4 is 120 Å². The third kappa shape index (κ3) is 20.8. The molecular weight excluding hydrogens is 1590 g/mol. The molecule has 118 heavy (non-hydrogen) atoms. The van der Waals surface area contributed by atoms with Gasteiger partial charge in [-0.2, -0.15) is 31.2 Å². The van der Waals surface area contributed by atoms with Crippen molar-refractivity contribution in [2.24, 2.45) is 70.0 Å². The number of aromatic nitrogens is 2. The molecule has 7 saturated carbocycles. The Morgan fingerprint density at radius 2 is 0.966 bits per heavy atom. The molecule has 29 nitrogen and oxygen atoms in total. The molecule has 5 unspecified atom stereocenters. The highest BCUT2D eigenvalue weighted by Crippen LogP contribution is 2.46. The van der Waals surface area contributed by atoms with Crippen molar-refractivity contribution in [3.63, 3.8) is 0 Å². The first-order chi connectivity index (χ1) is 54.8. The number of alkyl halides is 4. The van der Waals surface area contributed by atoms with E-state index in [0.29, 0.717) is 69.6 Å². The zero-order valence-electron chi connectivity index (χ0n) is 66.3. The second-order valence-electron chi connectivity index (χ2n) is 31.2. The number of Topliss-reactive ketones (excluding diaryl/α,β-unsaturated/α-hetero) is 15. The van der Waals surface area contributed by atoms with Crippen LogP contribution in [0.1, 0.15) is 210 Å². The minimum atomic E-state index is -3.70. The first kappa shape index (κ1) is 93.9. The van der Waals surface area contributed by atoms with E-state index in [1.54, 1.807) is 19.9 Å². The zero-order chi connectivity index (χ0) is 88.7. The Morgan fingerprint density at radius 1 is 0.576 bits per heavy atom. The van der Waals surface area contributed by atoms with E-state index in [-0.39, 0.29) is 117 Å². The van der Waals surface area contributed by atoms with Crippen LogP contribution < -0.4 is 0 Å². The molecule has 0 saturated heterocycles.